The van der Waals surface area contributed by atoms with Crippen molar-refractivity contribution in [2.24, 2.45) is 0 Å². The second-order valence-electron chi connectivity index (χ2n) is 7.50. The monoisotopic (exact) mass is 492 g/mol. The largest absolute Gasteiger partial charge is 0.466 e. The highest BCUT2D eigenvalue weighted by molar-refractivity contribution is 6.31. The van der Waals surface area contributed by atoms with E-state index in [0.29, 0.717) is 55.9 Å². The first-order chi connectivity index (χ1) is 15.5. The van der Waals surface area contributed by atoms with E-state index >= 15 is 0 Å². The number of anilines is 2. The van der Waals surface area contributed by atoms with Gasteiger partial charge in [0.25, 0.3) is 0 Å². The predicted octanol–water partition coefficient (Wildman–Crippen LogP) is 4.92. The molecule has 1 aliphatic rings. The maximum absolute atomic E-state index is 11.6. The van der Waals surface area contributed by atoms with Gasteiger partial charge in [-0.05, 0) is 43.2 Å². The van der Waals surface area contributed by atoms with Gasteiger partial charge in [-0.3, -0.25) is 4.79 Å². The lowest BCUT2D eigenvalue weighted by atomic mass is 10.1. The van der Waals surface area contributed by atoms with Crippen LogP contribution >= 0.6 is 24.0 Å². The minimum Gasteiger partial charge on any atom is -0.466 e. The number of aromatic nitrogens is 2. The maximum Gasteiger partial charge on any atom is 0.305 e. The quantitative estimate of drug-likeness (QED) is 0.332. The lowest BCUT2D eigenvalue weighted by molar-refractivity contribution is -0.194. The number of nitrogens with zero attached hydrogens (tertiary/aromatic N) is 3. The number of ether oxygens (including phenoxy) is 1. The van der Waals surface area contributed by atoms with E-state index in [0.717, 1.165) is 27.8 Å². The molecule has 0 atom stereocenters. The van der Waals surface area contributed by atoms with Crippen LogP contribution in [0.15, 0.2) is 36.4 Å². The summed E-state index contributed by atoms with van der Waals surface area (Å²) in [6.07, 6.45) is 1.01. The zero-order valence-electron chi connectivity index (χ0n) is 18.5. The lowest BCUT2D eigenvalue weighted by Gasteiger charge is -2.19. The molecule has 4 rings (SSSR count). The highest BCUT2D eigenvalue weighted by Gasteiger charge is 2.15. The molecule has 2 aromatic carbocycles. The molecule has 33 heavy (non-hydrogen) atoms. The Balaban J connectivity index is 0.00000306. The second-order valence-corrected chi connectivity index (χ2v) is 7.94. The summed E-state index contributed by atoms with van der Waals surface area (Å²) in [5, 5.41) is 4.85. The zero-order chi connectivity index (χ0) is 22.5. The van der Waals surface area contributed by atoms with E-state index in [1.165, 1.54) is 0 Å². The summed E-state index contributed by atoms with van der Waals surface area (Å²) < 4.78 is 4.99. The van der Waals surface area contributed by atoms with Gasteiger partial charge in [-0.1, -0.05) is 23.7 Å². The maximum atomic E-state index is 11.6. The van der Waals surface area contributed by atoms with Gasteiger partial charge in [-0.2, -0.15) is 9.87 Å². The third-order valence-electron chi connectivity index (χ3n) is 5.12. The van der Waals surface area contributed by atoms with Crippen molar-refractivity contribution >= 4 is 52.6 Å². The molecule has 2 heterocycles. The van der Waals surface area contributed by atoms with Crippen LogP contribution in [0.2, 0.25) is 5.02 Å². The Morgan fingerprint density at radius 1 is 1.24 bits per heavy atom. The third kappa shape index (κ3) is 6.16. The Kier molecular flexibility index (Phi) is 8.55. The predicted molar refractivity (Wildman–Crippen MR) is 130 cm³/mol. The molecular weight excluding hydrogens is 467 g/mol. The molecule has 0 spiro atoms. The standard InChI is InChI=1S/C23H25ClN4O4.ClH/c1-3-30-21(29)5-4-10-28(2)23-26-19-9-8-17(24)12-18(19)22(27-23)25-13-15-6-7-16-14-31-32-20(16)11-15;/h6-9,11-12H,3-5,10,13-14H2,1-2H3,(H,25,26,27);1H. The minimum absolute atomic E-state index is 0. The summed E-state index contributed by atoms with van der Waals surface area (Å²) in [5.41, 5.74) is 2.84. The Bertz CT molecular complexity index is 1130. The molecule has 0 radical (unpaired) electrons. The van der Waals surface area contributed by atoms with E-state index in [9.17, 15) is 4.79 Å². The van der Waals surface area contributed by atoms with E-state index in [2.05, 4.69) is 10.3 Å². The molecule has 1 aliphatic heterocycles. The number of carbonyl (C=O) groups is 1. The minimum atomic E-state index is -0.193. The molecule has 0 aliphatic carbocycles. The van der Waals surface area contributed by atoms with Crippen molar-refractivity contribution in [2.75, 3.05) is 30.4 Å². The van der Waals surface area contributed by atoms with Gasteiger partial charge in [0.15, 0.2) is 5.75 Å². The molecule has 8 nitrogen and oxygen atoms in total. The van der Waals surface area contributed by atoms with Crippen LogP contribution in [0, 0.1) is 0 Å². The van der Waals surface area contributed by atoms with E-state index in [1.807, 2.05) is 48.3 Å². The summed E-state index contributed by atoms with van der Waals surface area (Å²) in [6, 6.07) is 11.5. The van der Waals surface area contributed by atoms with Crippen LogP contribution in [0.25, 0.3) is 10.9 Å². The number of esters is 1. The first kappa shape index (κ1) is 24.8. The van der Waals surface area contributed by atoms with Gasteiger partial charge in [-0.15, -0.1) is 12.4 Å². The molecule has 0 saturated carbocycles. The smallest absolute Gasteiger partial charge is 0.305 e. The molecule has 3 aromatic rings. The number of halogens is 2. The van der Waals surface area contributed by atoms with Crippen molar-refractivity contribution in [3.63, 3.8) is 0 Å². The van der Waals surface area contributed by atoms with E-state index in [4.69, 9.17) is 31.1 Å². The average Bonchev–Trinajstić information content (AvgIpc) is 3.25. The van der Waals surface area contributed by atoms with Crippen molar-refractivity contribution in [1.82, 2.24) is 9.97 Å². The highest BCUT2D eigenvalue weighted by atomic mass is 35.5. The number of benzene rings is 2. The Hall–Kier alpha value is -2.81. The first-order valence-electron chi connectivity index (χ1n) is 10.5. The molecular formula is C23H26Cl2N4O4. The molecule has 0 amide bonds. The van der Waals surface area contributed by atoms with Gasteiger partial charge in [0, 0.05) is 42.5 Å². The number of fused-ring (bicyclic) bond motifs is 2. The fraction of sp³-hybridized carbons (Fsp3) is 0.348. The molecule has 0 saturated heterocycles. The van der Waals surface area contributed by atoms with Crippen LogP contribution in [0.4, 0.5) is 11.8 Å². The van der Waals surface area contributed by atoms with E-state index in [1.54, 1.807) is 6.92 Å². The van der Waals surface area contributed by atoms with E-state index < -0.39 is 0 Å². The molecule has 0 fully saturated rings. The molecule has 0 unspecified atom stereocenters. The number of carbonyl (C=O) groups excluding carboxylic acids is 1. The SMILES string of the molecule is CCOC(=O)CCCN(C)c1nc(NCc2ccc3c(c2)OOC3)c2cc(Cl)ccc2n1.Cl. The van der Waals surface area contributed by atoms with Gasteiger partial charge in [0.05, 0.1) is 12.1 Å². The van der Waals surface area contributed by atoms with E-state index in [-0.39, 0.29) is 18.4 Å². The normalized spacial score (nSPS) is 12.0. The molecule has 176 valence electrons. The highest BCUT2D eigenvalue weighted by Crippen LogP contribution is 2.29. The Labute approximate surface area is 203 Å². The fourth-order valence-electron chi connectivity index (χ4n) is 3.44. The Morgan fingerprint density at radius 3 is 2.91 bits per heavy atom. The van der Waals surface area contributed by atoms with Crippen molar-refractivity contribution in [1.29, 1.82) is 0 Å². The number of hydrogen-bond acceptors (Lipinski definition) is 8. The number of nitrogens with one attached hydrogen (secondary N) is 1. The third-order valence-corrected chi connectivity index (χ3v) is 5.36. The van der Waals surface area contributed by atoms with Crippen molar-refractivity contribution in [2.45, 2.75) is 32.9 Å². The molecule has 0 bridgehead atoms. The van der Waals surface area contributed by atoms with Gasteiger partial charge in [0.2, 0.25) is 5.95 Å². The summed E-state index contributed by atoms with van der Waals surface area (Å²) in [4.78, 5) is 33.1. The van der Waals surface area contributed by atoms with Crippen LogP contribution in [0.3, 0.4) is 0 Å². The van der Waals surface area contributed by atoms with Crippen molar-refractivity contribution < 1.29 is 19.3 Å². The average molecular weight is 493 g/mol. The number of rotatable bonds is 9. The van der Waals surface area contributed by atoms with Crippen molar-refractivity contribution in [3.8, 4) is 5.75 Å². The van der Waals surface area contributed by atoms with Crippen LogP contribution in [-0.4, -0.2) is 36.1 Å². The van der Waals surface area contributed by atoms with Gasteiger partial charge < -0.3 is 19.8 Å². The topological polar surface area (TPSA) is 85.8 Å². The summed E-state index contributed by atoms with van der Waals surface area (Å²) in [5.74, 6) is 1.79. The Morgan fingerprint density at radius 2 is 2.09 bits per heavy atom. The number of hydrogen-bond donors (Lipinski definition) is 1. The molecule has 10 heteroatoms. The fourth-order valence-corrected chi connectivity index (χ4v) is 3.61. The van der Waals surface area contributed by atoms with Gasteiger partial charge >= 0.3 is 5.97 Å². The van der Waals surface area contributed by atoms with Gasteiger partial charge in [0.1, 0.15) is 12.4 Å². The first-order valence-corrected chi connectivity index (χ1v) is 10.9. The summed E-state index contributed by atoms with van der Waals surface area (Å²) >= 11 is 6.23. The summed E-state index contributed by atoms with van der Waals surface area (Å²) in [6.45, 7) is 3.82. The van der Waals surface area contributed by atoms with Crippen LogP contribution in [0.5, 0.6) is 5.75 Å². The van der Waals surface area contributed by atoms with Crippen molar-refractivity contribution in [3.05, 3.63) is 52.5 Å². The van der Waals surface area contributed by atoms with Crippen LogP contribution in [0.1, 0.15) is 30.9 Å². The second kappa shape index (κ2) is 11.4. The van der Waals surface area contributed by atoms with Crippen LogP contribution in [-0.2, 0) is 27.6 Å². The van der Waals surface area contributed by atoms with Gasteiger partial charge in [-0.25, -0.2) is 4.98 Å². The zero-order valence-corrected chi connectivity index (χ0v) is 20.0. The lowest BCUT2D eigenvalue weighted by Crippen LogP contribution is -2.22. The molecule has 1 N–H and O–H groups in total. The summed E-state index contributed by atoms with van der Waals surface area (Å²) in [7, 11) is 1.91. The molecule has 1 aromatic heterocycles. The van der Waals surface area contributed by atoms with Crippen LogP contribution < -0.4 is 15.1 Å².